The van der Waals surface area contributed by atoms with Crippen molar-refractivity contribution in [1.82, 2.24) is 0 Å². The number of anilines is 1. The largest absolute Gasteiger partial charge is 0.379 e. The molecular formula is C15H15BrClN. The molecule has 0 saturated carbocycles. The van der Waals surface area contributed by atoms with Crippen LogP contribution in [-0.4, -0.2) is 0 Å². The summed E-state index contributed by atoms with van der Waals surface area (Å²) < 4.78 is 1.13. The minimum atomic E-state index is 0.253. The lowest BCUT2D eigenvalue weighted by Crippen LogP contribution is -2.06. The molecule has 0 aliphatic rings. The van der Waals surface area contributed by atoms with E-state index in [0.717, 1.165) is 15.2 Å². The number of hydrogen-bond donors (Lipinski definition) is 1. The van der Waals surface area contributed by atoms with Gasteiger partial charge < -0.3 is 5.32 Å². The maximum atomic E-state index is 5.89. The van der Waals surface area contributed by atoms with Crippen LogP contribution in [-0.2, 0) is 0 Å². The van der Waals surface area contributed by atoms with Crippen molar-refractivity contribution in [3.63, 3.8) is 0 Å². The second-order valence-corrected chi connectivity index (χ2v) is 5.67. The third-order valence-electron chi connectivity index (χ3n) is 2.91. The summed E-state index contributed by atoms with van der Waals surface area (Å²) in [5.41, 5.74) is 3.57. The highest BCUT2D eigenvalue weighted by molar-refractivity contribution is 9.10. The maximum absolute atomic E-state index is 5.89. The molecule has 0 saturated heterocycles. The van der Waals surface area contributed by atoms with Gasteiger partial charge in [0, 0.05) is 21.2 Å². The highest BCUT2D eigenvalue weighted by Gasteiger charge is 2.05. The van der Waals surface area contributed by atoms with E-state index in [9.17, 15) is 0 Å². The number of aryl methyl sites for hydroxylation is 1. The smallest absolute Gasteiger partial charge is 0.0485 e. The van der Waals surface area contributed by atoms with Crippen LogP contribution in [0.1, 0.15) is 24.1 Å². The van der Waals surface area contributed by atoms with E-state index in [1.807, 2.05) is 24.3 Å². The average Bonchev–Trinajstić information content (AvgIpc) is 2.34. The van der Waals surface area contributed by atoms with Gasteiger partial charge in [0.25, 0.3) is 0 Å². The molecule has 0 aliphatic heterocycles. The highest BCUT2D eigenvalue weighted by Crippen LogP contribution is 2.24. The van der Waals surface area contributed by atoms with Gasteiger partial charge in [0.15, 0.2) is 0 Å². The number of hydrogen-bond acceptors (Lipinski definition) is 1. The van der Waals surface area contributed by atoms with Crippen molar-refractivity contribution >= 4 is 33.2 Å². The fraction of sp³-hybridized carbons (Fsp3) is 0.200. The molecule has 2 aromatic rings. The first kappa shape index (κ1) is 13.4. The van der Waals surface area contributed by atoms with Crippen molar-refractivity contribution in [2.75, 3.05) is 5.32 Å². The van der Waals surface area contributed by atoms with Gasteiger partial charge in [-0.15, -0.1) is 0 Å². The molecule has 1 nitrogen and oxygen atoms in total. The molecule has 0 bridgehead atoms. The van der Waals surface area contributed by atoms with Crippen molar-refractivity contribution < 1.29 is 0 Å². The molecule has 1 N–H and O–H groups in total. The van der Waals surface area contributed by atoms with Gasteiger partial charge in [-0.2, -0.15) is 0 Å². The normalized spacial score (nSPS) is 12.2. The molecule has 94 valence electrons. The van der Waals surface area contributed by atoms with E-state index in [0.29, 0.717) is 0 Å². The fourth-order valence-corrected chi connectivity index (χ4v) is 2.19. The molecule has 18 heavy (non-hydrogen) atoms. The second-order valence-electron chi connectivity index (χ2n) is 4.38. The van der Waals surface area contributed by atoms with Crippen LogP contribution in [0, 0.1) is 6.92 Å². The lowest BCUT2D eigenvalue weighted by molar-refractivity contribution is 0.884. The van der Waals surface area contributed by atoms with Crippen LogP contribution in [0.25, 0.3) is 0 Å². The SMILES string of the molecule is Cc1cc(NC(C)c2ccc(Cl)cc2)ccc1Br. The summed E-state index contributed by atoms with van der Waals surface area (Å²) in [6, 6.07) is 14.5. The zero-order valence-corrected chi connectivity index (χ0v) is 12.7. The molecule has 0 spiro atoms. The average molecular weight is 325 g/mol. The Hall–Kier alpha value is -0.990. The van der Waals surface area contributed by atoms with Gasteiger partial charge in [0.2, 0.25) is 0 Å². The molecule has 1 unspecified atom stereocenters. The van der Waals surface area contributed by atoms with Gasteiger partial charge in [-0.1, -0.05) is 39.7 Å². The van der Waals surface area contributed by atoms with E-state index in [4.69, 9.17) is 11.6 Å². The summed E-state index contributed by atoms with van der Waals surface area (Å²) in [7, 11) is 0. The number of benzene rings is 2. The van der Waals surface area contributed by atoms with Crippen molar-refractivity contribution in [1.29, 1.82) is 0 Å². The van der Waals surface area contributed by atoms with Crippen LogP contribution in [0.15, 0.2) is 46.9 Å². The Morgan fingerprint density at radius 1 is 1.11 bits per heavy atom. The third-order valence-corrected chi connectivity index (χ3v) is 4.05. The fourth-order valence-electron chi connectivity index (χ4n) is 1.82. The molecule has 0 heterocycles. The van der Waals surface area contributed by atoms with E-state index in [2.05, 4.69) is 53.3 Å². The summed E-state index contributed by atoms with van der Waals surface area (Å²) in [5, 5.41) is 4.25. The quantitative estimate of drug-likeness (QED) is 0.776. The van der Waals surface area contributed by atoms with Crippen LogP contribution in [0.5, 0.6) is 0 Å². The lowest BCUT2D eigenvalue weighted by Gasteiger charge is -2.16. The molecule has 0 aromatic heterocycles. The number of nitrogens with one attached hydrogen (secondary N) is 1. The standard InChI is InChI=1S/C15H15BrClN/c1-10-9-14(7-8-15(10)16)18-11(2)12-3-5-13(17)6-4-12/h3-9,11,18H,1-2H3. The molecule has 2 aromatic carbocycles. The summed E-state index contributed by atoms with van der Waals surface area (Å²) in [6.45, 7) is 4.23. The van der Waals surface area contributed by atoms with E-state index in [1.165, 1.54) is 11.1 Å². The molecule has 0 fully saturated rings. The monoisotopic (exact) mass is 323 g/mol. The minimum Gasteiger partial charge on any atom is -0.379 e. The third kappa shape index (κ3) is 3.27. The molecule has 0 radical (unpaired) electrons. The molecular weight excluding hydrogens is 310 g/mol. The predicted octanol–water partition coefficient (Wildman–Crippen LogP) is 5.58. The van der Waals surface area contributed by atoms with Gasteiger partial charge >= 0.3 is 0 Å². The molecule has 0 amide bonds. The Labute approximate surface area is 121 Å². The zero-order chi connectivity index (χ0) is 13.1. The molecule has 1 atom stereocenters. The summed E-state index contributed by atoms with van der Waals surface area (Å²) in [6.07, 6.45) is 0. The summed E-state index contributed by atoms with van der Waals surface area (Å²) in [4.78, 5) is 0. The van der Waals surface area contributed by atoms with Gasteiger partial charge in [-0.05, 0) is 55.3 Å². The molecule has 3 heteroatoms. The van der Waals surface area contributed by atoms with E-state index >= 15 is 0 Å². The maximum Gasteiger partial charge on any atom is 0.0485 e. The number of rotatable bonds is 3. The molecule has 0 aliphatic carbocycles. The Kier molecular flexibility index (Phi) is 4.31. The van der Waals surface area contributed by atoms with Crippen LogP contribution < -0.4 is 5.32 Å². The lowest BCUT2D eigenvalue weighted by atomic mass is 10.1. The zero-order valence-electron chi connectivity index (χ0n) is 10.4. The van der Waals surface area contributed by atoms with Crippen LogP contribution >= 0.6 is 27.5 Å². The second kappa shape index (κ2) is 5.77. The van der Waals surface area contributed by atoms with E-state index in [-0.39, 0.29) is 6.04 Å². The Morgan fingerprint density at radius 2 is 1.78 bits per heavy atom. The first-order valence-electron chi connectivity index (χ1n) is 5.84. The highest BCUT2D eigenvalue weighted by atomic mass is 79.9. The van der Waals surface area contributed by atoms with Gasteiger partial charge in [0.05, 0.1) is 0 Å². The number of halogens is 2. The van der Waals surface area contributed by atoms with Crippen molar-refractivity contribution in [3.05, 3.63) is 63.1 Å². The first-order valence-corrected chi connectivity index (χ1v) is 7.01. The Balaban J connectivity index is 2.13. The summed E-state index contributed by atoms with van der Waals surface area (Å²) >= 11 is 9.40. The van der Waals surface area contributed by atoms with E-state index < -0.39 is 0 Å². The van der Waals surface area contributed by atoms with Crippen LogP contribution in [0.3, 0.4) is 0 Å². The van der Waals surface area contributed by atoms with E-state index in [1.54, 1.807) is 0 Å². The van der Waals surface area contributed by atoms with Gasteiger partial charge in [0.1, 0.15) is 0 Å². The Morgan fingerprint density at radius 3 is 2.39 bits per heavy atom. The van der Waals surface area contributed by atoms with Crippen molar-refractivity contribution in [3.8, 4) is 0 Å². The van der Waals surface area contributed by atoms with Crippen LogP contribution in [0.2, 0.25) is 5.02 Å². The van der Waals surface area contributed by atoms with Crippen LogP contribution in [0.4, 0.5) is 5.69 Å². The summed E-state index contributed by atoms with van der Waals surface area (Å²) in [5.74, 6) is 0. The van der Waals surface area contributed by atoms with Gasteiger partial charge in [-0.3, -0.25) is 0 Å². The molecule has 2 rings (SSSR count). The predicted molar refractivity (Wildman–Crippen MR) is 82.4 cm³/mol. The van der Waals surface area contributed by atoms with Crippen molar-refractivity contribution in [2.45, 2.75) is 19.9 Å². The minimum absolute atomic E-state index is 0.253. The topological polar surface area (TPSA) is 12.0 Å². The first-order chi connectivity index (χ1) is 8.56. The van der Waals surface area contributed by atoms with Gasteiger partial charge in [-0.25, -0.2) is 0 Å². The Bertz CT molecular complexity index is 537. The van der Waals surface area contributed by atoms with Crippen molar-refractivity contribution in [2.24, 2.45) is 0 Å².